The Morgan fingerprint density at radius 3 is 2.94 bits per heavy atom. The summed E-state index contributed by atoms with van der Waals surface area (Å²) in [5, 5.41) is 9.98. The van der Waals surface area contributed by atoms with Gasteiger partial charge in [0.25, 0.3) is 0 Å². The predicted molar refractivity (Wildman–Crippen MR) is 56.8 cm³/mol. The molecule has 0 aliphatic carbocycles. The minimum absolute atomic E-state index is 0.112. The van der Waals surface area contributed by atoms with Crippen molar-refractivity contribution in [2.75, 3.05) is 7.11 Å². The Hall–Kier alpha value is -2.08. The highest BCUT2D eigenvalue weighted by Gasteiger charge is 2.16. The van der Waals surface area contributed by atoms with E-state index in [0.29, 0.717) is 5.88 Å². The molecule has 0 bridgehead atoms. The van der Waals surface area contributed by atoms with Gasteiger partial charge in [0.05, 0.1) is 19.0 Å². The van der Waals surface area contributed by atoms with Crippen molar-refractivity contribution in [3.8, 4) is 5.88 Å². The van der Waals surface area contributed by atoms with Crippen molar-refractivity contribution in [2.24, 2.45) is 0 Å². The molecular weight excluding hydrogens is 225 g/mol. The van der Waals surface area contributed by atoms with Crippen LogP contribution in [0.15, 0.2) is 30.9 Å². The molecule has 1 unspecified atom stereocenters. The van der Waals surface area contributed by atoms with Gasteiger partial charge in [-0.25, -0.2) is 14.4 Å². The van der Waals surface area contributed by atoms with Crippen molar-refractivity contribution in [1.29, 1.82) is 0 Å². The van der Waals surface area contributed by atoms with E-state index in [4.69, 9.17) is 4.74 Å². The molecule has 0 saturated heterocycles. The molecule has 2 aromatic rings. The Morgan fingerprint density at radius 1 is 1.41 bits per heavy atom. The highest BCUT2D eigenvalue weighted by Crippen LogP contribution is 2.23. The second kappa shape index (κ2) is 4.84. The predicted octanol–water partition coefficient (Wildman–Crippen LogP) is 1.10. The number of rotatable bonds is 3. The summed E-state index contributed by atoms with van der Waals surface area (Å²) in [4.78, 5) is 11.3. The van der Waals surface area contributed by atoms with Crippen molar-refractivity contribution in [1.82, 2.24) is 15.0 Å². The van der Waals surface area contributed by atoms with Gasteiger partial charge < -0.3 is 9.84 Å². The first-order valence-corrected chi connectivity index (χ1v) is 4.85. The number of ether oxygens (including phenoxy) is 1. The Bertz CT molecular complexity index is 522. The number of halogens is 1. The van der Waals surface area contributed by atoms with Crippen LogP contribution >= 0.6 is 0 Å². The maximum Gasteiger partial charge on any atom is 0.216 e. The largest absolute Gasteiger partial charge is 0.481 e. The summed E-state index contributed by atoms with van der Waals surface area (Å²) >= 11 is 0. The van der Waals surface area contributed by atoms with E-state index >= 15 is 0 Å². The van der Waals surface area contributed by atoms with Crippen molar-refractivity contribution in [3.63, 3.8) is 0 Å². The Labute approximate surface area is 97.0 Å². The van der Waals surface area contributed by atoms with E-state index in [1.54, 1.807) is 0 Å². The Kier molecular flexibility index (Phi) is 3.24. The van der Waals surface area contributed by atoms with Gasteiger partial charge in [-0.1, -0.05) is 0 Å². The summed E-state index contributed by atoms with van der Waals surface area (Å²) in [6, 6.07) is 2.85. The number of aliphatic hydroxyl groups excluding tert-OH is 1. The van der Waals surface area contributed by atoms with Crippen LogP contribution in [0.25, 0.3) is 0 Å². The van der Waals surface area contributed by atoms with Gasteiger partial charge in [0.15, 0.2) is 0 Å². The normalized spacial score (nSPS) is 12.2. The average Bonchev–Trinajstić information content (AvgIpc) is 2.38. The molecule has 2 heterocycles. The molecule has 0 fully saturated rings. The summed E-state index contributed by atoms with van der Waals surface area (Å²) in [5.41, 5.74) is 0.378. The maximum absolute atomic E-state index is 13.4. The molecule has 1 atom stereocenters. The number of aromatic nitrogens is 3. The van der Waals surface area contributed by atoms with E-state index < -0.39 is 11.9 Å². The highest BCUT2D eigenvalue weighted by molar-refractivity contribution is 5.26. The summed E-state index contributed by atoms with van der Waals surface area (Å²) in [7, 11) is 1.45. The molecule has 0 aliphatic rings. The van der Waals surface area contributed by atoms with Gasteiger partial charge in [-0.15, -0.1) is 0 Å². The summed E-state index contributed by atoms with van der Waals surface area (Å²) in [6.45, 7) is 0. The third kappa shape index (κ3) is 2.36. The standard InChI is InChI=1S/C11H10FN3O2/c1-17-10-4-9(14-6-15-10)11(16)7-2-3-13-5-8(7)12/h2-6,11,16H,1H3. The molecule has 5 nitrogen and oxygen atoms in total. The second-order valence-electron chi connectivity index (χ2n) is 3.28. The van der Waals surface area contributed by atoms with Crippen molar-refractivity contribution in [2.45, 2.75) is 6.10 Å². The van der Waals surface area contributed by atoms with Crippen LogP contribution < -0.4 is 4.74 Å². The molecule has 0 aromatic carbocycles. The Morgan fingerprint density at radius 2 is 2.24 bits per heavy atom. The molecule has 17 heavy (non-hydrogen) atoms. The number of hydrogen-bond acceptors (Lipinski definition) is 5. The van der Waals surface area contributed by atoms with Gasteiger partial charge in [-0.05, 0) is 6.07 Å². The van der Waals surface area contributed by atoms with Gasteiger partial charge in [0.1, 0.15) is 18.2 Å². The number of pyridine rings is 1. The van der Waals surface area contributed by atoms with Gasteiger partial charge >= 0.3 is 0 Å². The first kappa shape index (κ1) is 11.4. The zero-order valence-electron chi connectivity index (χ0n) is 9.04. The molecule has 1 N–H and O–H groups in total. The first-order valence-electron chi connectivity index (χ1n) is 4.85. The molecule has 88 valence electrons. The zero-order valence-corrected chi connectivity index (χ0v) is 9.04. The minimum Gasteiger partial charge on any atom is -0.481 e. The van der Waals surface area contributed by atoms with Crippen molar-refractivity contribution in [3.05, 3.63) is 47.9 Å². The van der Waals surface area contributed by atoms with Crippen molar-refractivity contribution < 1.29 is 14.2 Å². The molecule has 2 aromatic heterocycles. The maximum atomic E-state index is 13.4. The topological polar surface area (TPSA) is 68.1 Å². The third-order valence-corrected chi connectivity index (χ3v) is 2.25. The molecule has 2 rings (SSSR count). The van der Waals surface area contributed by atoms with Crippen LogP contribution in [0.4, 0.5) is 4.39 Å². The minimum atomic E-state index is -1.17. The zero-order chi connectivity index (χ0) is 12.3. The number of nitrogens with zero attached hydrogens (tertiary/aromatic N) is 3. The average molecular weight is 235 g/mol. The van der Waals surface area contributed by atoms with Crippen molar-refractivity contribution >= 4 is 0 Å². The lowest BCUT2D eigenvalue weighted by Gasteiger charge is -2.11. The lowest BCUT2D eigenvalue weighted by Crippen LogP contribution is -2.06. The SMILES string of the molecule is COc1cc(C(O)c2ccncc2F)ncn1. The van der Waals surface area contributed by atoms with Crippen LogP contribution in [-0.2, 0) is 0 Å². The molecule has 0 spiro atoms. The van der Waals surface area contributed by atoms with E-state index in [0.717, 1.165) is 6.20 Å². The molecule has 0 amide bonds. The highest BCUT2D eigenvalue weighted by atomic mass is 19.1. The molecule has 0 radical (unpaired) electrons. The van der Waals surface area contributed by atoms with Crippen LogP contribution in [0.1, 0.15) is 17.4 Å². The van der Waals surface area contributed by atoms with Gasteiger partial charge in [0, 0.05) is 17.8 Å². The summed E-state index contributed by atoms with van der Waals surface area (Å²) < 4.78 is 18.3. The smallest absolute Gasteiger partial charge is 0.216 e. The lowest BCUT2D eigenvalue weighted by molar-refractivity contribution is 0.208. The van der Waals surface area contributed by atoms with E-state index in [9.17, 15) is 9.50 Å². The van der Waals surface area contributed by atoms with Crippen LogP contribution in [-0.4, -0.2) is 27.2 Å². The van der Waals surface area contributed by atoms with Gasteiger partial charge in [-0.2, -0.15) is 0 Å². The van der Waals surface area contributed by atoms with Gasteiger partial charge in [0.2, 0.25) is 5.88 Å². The monoisotopic (exact) mass is 235 g/mol. The summed E-state index contributed by atoms with van der Waals surface area (Å²) in [5.74, 6) is -0.277. The fourth-order valence-electron chi connectivity index (χ4n) is 1.38. The number of aliphatic hydroxyl groups is 1. The van der Waals surface area contributed by atoms with E-state index in [-0.39, 0.29) is 11.3 Å². The third-order valence-electron chi connectivity index (χ3n) is 2.25. The Balaban J connectivity index is 2.37. The van der Waals surface area contributed by atoms with Crippen LogP contribution in [0.3, 0.4) is 0 Å². The van der Waals surface area contributed by atoms with Crippen LogP contribution in [0, 0.1) is 5.82 Å². The van der Waals surface area contributed by atoms with E-state index in [2.05, 4.69) is 15.0 Å². The van der Waals surface area contributed by atoms with Crippen LogP contribution in [0.5, 0.6) is 5.88 Å². The molecular formula is C11H10FN3O2. The van der Waals surface area contributed by atoms with Crippen LogP contribution in [0.2, 0.25) is 0 Å². The molecule has 6 heteroatoms. The quantitative estimate of drug-likeness (QED) is 0.862. The first-order chi connectivity index (χ1) is 8.22. The molecule has 0 aliphatic heterocycles. The fourth-order valence-corrected chi connectivity index (χ4v) is 1.38. The number of methoxy groups -OCH3 is 1. The second-order valence-corrected chi connectivity index (χ2v) is 3.28. The van der Waals surface area contributed by atoms with E-state index in [1.807, 2.05) is 0 Å². The fraction of sp³-hybridized carbons (Fsp3) is 0.182. The number of hydrogen-bond donors (Lipinski definition) is 1. The van der Waals surface area contributed by atoms with Gasteiger partial charge in [-0.3, -0.25) is 4.98 Å². The molecule has 0 saturated carbocycles. The van der Waals surface area contributed by atoms with E-state index in [1.165, 1.54) is 31.8 Å². The summed E-state index contributed by atoms with van der Waals surface area (Å²) in [6.07, 6.45) is 2.52. The lowest BCUT2D eigenvalue weighted by atomic mass is 10.1.